The van der Waals surface area contributed by atoms with Gasteiger partial charge < -0.3 is 19.5 Å². The predicted octanol–water partition coefficient (Wildman–Crippen LogP) is 4.68. The zero-order valence-electron chi connectivity index (χ0n) is 20.0. The van der Waals surface area contributed by atoms with Crippen LogP contribution in [0.4, 0.5) is 0 Å². The van der Waals surface area contributed by atoms with Gasteiger partial charge in [-0.2, -0.15) is 0 Å². The van der Waals surface area contributed by atoms with Gasteiger partial charge in [-0.3, -0.25) is 9.69 Å². The number of para-hydroxylation sites is 1. The number of methoxy groups -OCH3 is 1. The third-order valence-electron chi connectivity index (χ3n) is 5.68. The molecule has 1 aliphatic heterocycles. The molecule has 0 spiro atoms. The summed E-state index contributed by atoms with van der Waals surface area (Å²) in [7, 11) is 1.71. The summed E-state index contributed by atoms with van der Waals surface area (Å²) < 4.78 is 16.9. The van der Waals surface area contributed by atoms with Crippen LogP contribution in [0.5, 0.6) is 17.2 Å². The highest BCUT2D eigenvalue weighted by molar-refractivity contribution is 5.92. The van der Waals surface area contributed by atoms with Crippen molar-refractivity contribution in [2.75, 3.05) is 33.4 Å². The molecule has 1 fully saturated rings. The molecular formula is C27H36N2O4. The van der Waals surface area contributed by atoms with Crippen molar-refractivity contribution >= 4 is 12.0 Å². The van der Waals surface area contributed by atoms with Crippen LogP contribution in [0.15, 0.2) is 48.5 Å². The van der Waals surface area contributed by atoms with E-state index in [1.54, 1.807) is 13.2 Å². The minimum atomic E-state index is -0.0672. The SMILES string of the molecule is CCCOc1ccc(C=CC(=O)NC2CCN(Cc3ccccc3OC)CC2)cc1OCC. The lowest BCUT2D eigenvalue weighted by Gasteiger charge is -2.32. The second kappa shape index (κ2) is 12.9. The molecule has 1 heterocycles. The van der Waals surface area contributed by atoms with E-state index in [0.29, 0.717) is 19.0 Å². The monoisotopic (exact) mass is 452 g/mol. The van der Waals surface area contributed by atoms with Crippen molar-refractivity contribution < 1.29 is 19.0 Å². The van der Waals surface area contributed by atoms with Gasteiger partial charge in [0.2, 0.25) is 5.91 Å². The molecule has 3 rings (SSSR count). The standard InChI is InChI=1S/C27H36N2O4/c1-4-18-33-25-12-10-21(19-26(25)32-5-2)11-13-27(30)28-23-14-16-29(17-15-23)20-22-8-6-7-9-24(22)31-3/h6-13,19,23H,4-5,14-18,20H2,1-3H3,(H,28,30). The summed E-state index contributed by atoms with van der Waals surface area (Å²) in [4.78, 5) is 14.9. The molecule has 0 bridgehead atoms. The molecule has 0 saturated carbocycles. The summed E-state index contributed by atoms with van der Waals surface area (Å²) >= 11 is 0. The van der Waals surface area contributed by atoms with Crippen LogP contribution < -0.4 is 19.5 Å². The number of benzene rings is 2. The van der Waals surface area contributed by atoms with E-state index in [1.165, 1.54) is 5.56 Å². The third-order valence-corrected chi connectivity index (χ3v) is 5.68. The number of piperidine rings is 1. The van der Waals surface area contributed by atoms with Crippen LogP contribution in [0.1, 0.15) is 44.2 Å². The molecule has 33 heavy (non-hydrogen) atoms. The number of amides is 1. The molecule has 0 aromatic heterocycles. The van der Waals surface area contributed by atoms with E-state index < -0.39 is 0 Å². The van der Waals surface area contributed by atoms with Crippen LogP contribution in [0.2, 0.25) is 0 Å². The highest BCUT2D eigenvalue weighted by atomic mass is 16.5. The van der Waals surface area contributed by atoms with Crippen molar-refractivity contribution in [2.24, 2.45) is 0 Å². The van der Waals surface area contributed by atoms with Crippen molar-refractivity contribution in [3.05, 3.63) is 59.7 Å². The van der Waals surface area contributed by atoms with E-state index in [1.807, 2.05) is 49.4 Å². The van der Waals surface area contributed by atoms with Crippen molar-refractivity contribution in [3.63, 3.8) is 0 Å². The Hall–Kier alpha value is -2.99. The zero-order valence-corrected chi connectivity index (χ0v) is 20.0. The minimum absolute atomic E-state index is 0.0672. The average Bonchev–Trinajstić information content (AvgIpc) is 2.84. The molecule has 0 atom stereocenters. The Morgan fingerprint density at radius 3 is 2.58 bits per heavy atom. The fourth-order valence-electron chi connectivity index (χ4n) is 3.96. The molecule has 2 aromatic rings. The van der Waals surface area contributed by atoms with Crippen LogP contribution in [-0.4, -0.2) is 50.3 Å². The van der Waals surface area contributed by atoms with Gasteiger partial charge in [0.15, 0.2) is 11.5 Å². The van der Waals surface area contributed by atoms with Gasteiger partial charge in [-0.15, -0.1) is 0 Å². The number of nitrogens with zero attached hydrogens (tertiary/aromatic N) is 1. The van der Waals surface area contributed by atoms with Gasteiger partial charge in [0.05, 0.1) is 20.3 Å². The van der Waals surface area contributed by atoms with Crippen molar-refractivity contribution in [1.82, 2.24) is 10.2 Å². The van der Waals surface area contributed by atoms with Crippen LogP contribution >= 0.6 is 0 Å². The largest absolute Gasteiger partial charge is 0.496 e. The molecule has 0 radical (unpaired) electrons. The van der Waals surface area contributed by atoms with Gasteiger partial charge in [0.25, 0.3) is 0 Å². The average molecular weight is 453 g/mol. The maximum absolute atomic E-state index is 12.5. The Kier molecular flexibility index (Phi) is 9.63. The van der Waals surface area contributed by atoms with Crippen LogP contribution in [-0.2, 0) is 11.3 Å². The quantitative estimate of drug-likeness (QED) is 0.502. The first-order valence-corrected chi connectivity index (χ1v) is 11.8. The van der Waals surface area contributed by atoms with Crippen molar-refractivity contribution in [1.29, 1.82) is 0 Å². The molecule has 1 amide bonds. The van der Waals surface area contributed by atoms with E-state index >= 15 is 0 Å². The molecule has 0 aliphatic carbocycles. The smallest absolute Gasteiger partial charge is 0.244 e. The fraction of sp³-hybridized carbons (Fsp3) is 0.444. The lowest BCUT2D eigenvalue weighted by Crippen LogP contribution is -2.43. The first kappa shape index (κ1) is 24.6. The van der Waals surface area contributed by atoms with Crippen LogP contribution in [0.25, 0.3) is 6.08 Å². The van der Waals surface area contributed by atoms with Crippen LogP contribution in [0, 0.1) is 0 Å². The minimum Gasteiger partial charge on any atom is -0.496 e. The Morgan fingerprint density at radius 2 is 1.85 bits per heavy atom. The number of hydrogen-bond acceptors (Lipinski definition) is 5. The highest BCUT2D eigenvalue weighted by Crippen LogP contribution is 2.29. The van der Waals surface area contributed by atoms with E-state index in [9.17, 15) is 4.79 Å². The third kappa shape index (κ3) is 7.53. The number of likely N-dealkylation sites (tertiary alicyclic amines) is 1. The van der Waals surface area contributed by atoms with Gasteiger partial charge in [-0.05, 0) is 56.0 Å². The molecule has 2 aromatic carbocycles. The van der Waals surface area contributed by atoms with E-state index in [0.717, 1.165) is 56.0 Å². The summed E-state index contributed by atoms with van der Waals surface area (Å²) in [6, 6.07) is 14.1. The summed E-state index contributed by atoms with van der Waals surface area (Å²) in [5, 5.41) is 3.14. The molecule has 6 heteroatoms. The maximum atomic E-state index is 12.5. The Morgan fingerprint density at radius 1 is 1.06 bits per heavy atom. The lowest BCUT2D eigenvalue weighted by atomic mass is 10.0. The van der Waals surface area contributed by atoms with Gasteiger partial charge in [-0.25, -0.2) is 0 Å². The topological polar surface area (TPSA) is 60.0 Å². The van der Waals surface area contributed by atoms with Crippen LogP contribution in [0.3, 0.4) is 0 Å². The molecular weight excluding hydrogens is 416 g/mol. The van der Waals surface area contributed by atoms with E-state index in [2.05, 4.69) is 23.2 Å². The molecule has 0 unspecified atom stereocenters. The summed E-state index contributed by atoms with van der Waals surface area (Å²) in [5.41, 5.74) is 2.10. The zero-order chi connectivity index (χ0) is 23.5. The number of carbonyl (C=O) groups excluding carboxylic acids is 1. The highest BCUT2D eigenvalue weighted by Gasteiger charge is 2.21. The number of rotatable bonds is 11. The number of carbonyl (C=O) groups is 1. The number of nitrogens with one attached hydrogen (secondary N) is 1. The first-order chi connectivity index (χ1) is 16.1. The van der Waals surface area contributed by atoms with Gasteiger partial charge in [0.1, 0.15) is 5.75 Å². The van der Waals surface area contributed by atoms with Gasteiger partial charge >= 0.3 is 0 Å². The second-order valence-electron chi connectivity index (χ2n) is 8.19. The lowest BCUT2D eigenvalue weighted by molar-refractivity contribution is -0.117. The Bertz CT molecular complexity index is 920. The molecule has 1 aliphatic rings. The number of ether oxygens (including phenoxy) is 3. The summed E-state index contributed by atoms with van der Waals surface area (Å²) in [5.74, 6) is 2.30. The Balaban J connectivity index is 1.48. The molecule has 1 N–H and O–H groups in total. The van der Waals surface area contributed by atoms with Crippen molar-refractivity contribution in [2.45, 2.75) is 45.7 Å². The second-order valence-corrected chi connectivity index (χ2v) is 8.19. The number of hydrogen-bond donors (Lipinski definition) is 1. The normalized spacial score (nSPS) is 14.9. The first-order valence-electron chi connectivity index (χ1n) is 11.8. The molecule has 1 saturated heterocycles. The van der Waals surface area contributed by atoms with E-state index in [-0.39, 0.29) is 11.9 Å². The maximum Gasteiger partial charge on any atom is 0.244 e. The summed E-state index contributed by atoms with van der Waals surface area (Å²) in [6.45, 7) is 7.99. The fourth-order valence-corrected chi connectivity index (χ4v) is 3.96. The van der Waals surface area contributed by atoms with Gasteiger partial charge in [0, 0.05) is 37.3 Å². The van der Waals surface area contributed by atoms with E-state index in [4.69, 9.17) is 14.2 Å². The molecule has 6 nitrogen and oxygen atoms in total. The summed E-state index contributed by atoms with van der Waals surface area (Å²) in [6.07, 6.45) is 6.23. The predicted molar refractivity (Wildman–Crippen MR) is 132 cm³/mol. The molecule has 178 valence electrons. The van der Waals surface area contributed by atoms with Gasteiger partial charge in [-0.1, -0.05) is 31.2 Å². The van der Waals surface area contributed by atoms with Crippen molar-refractivity contribution in [3.8, 4) is 17.2 Å². The Labute approximate surface area is 197 Å².